The first-order valence-corrected chi connectivity index (χ1v) is 14.8. The van der Waals surface area contributed by atoms with Crippen LogP contribution in [0.3, 0.4) is 0 Å². The molecule has 0 radical (unpaired) electrons. The van der Waals surface area contributed by atoms with Gasteiger partial charge in [-0.3, -0.25) is 14.5 Å². The summed E-state index contributed by atoms with van der Waals surface area (Å²) in [5.41, 5.74) is -0.300. The Bertz CT molecular complexity index is 1240. The number of β-lactam (4-membered cyclic amide) rings is 1. The van der Waals surface area contributed by atoms with Gasteiger partial charge in [0, 0.05) is 54.9 Å². The number of fused-ring (bicyclic) bond motifs is 1. The maximum absolute atomic E-state index is 14.4. The van der Waals surface area contributed by atoms with Gasteiger partial charge in [-0.1, -0.05) is 13.8 Å². The number of aryl methyl sites for hydroxylation is 2. The van der Waals surface area contributed by atoms with E-state index in [0.29, 0.717) is 37.3 Å². The number of hydrogen-bond acceptors (Lipinski definition) is 8. The topological polar surface area (TPSA) is 157 Å². The average molecular weight is 606 g/mol. The van der Waals surface area contributed by atoms with E-state index in [0.717, 1.165) is 0 Å². The van der Waals surface area contributed by atoms with Crippen molar-refractivity contribution in [2.24, 2.45) is 5.41 Å². The highest BCUT2D eigenvalue weighted by Crippen LogP contribution is 2.52. The third-order valence-corrected chi connectivity index (χ3v) is 9.17. The lowest BCUT2D eigenvalue weighted by Crippen LogP contribution is -2.75. The second kappa shape index (κ2) is 12.3. The molecule has 0 aromatic carbocycles. The SMILES string of the molecule is CC1(C)C(S)[C@H]2[C@@H](N(C(=O)O)C(C)(C)C)C(=O)N2[C@@H]1C(=O)N(Cc1cn(CCCO)cn1)Cc1cn(CCCO)cn1. The standard InChI is InChI=1S/C28H43N7O6S/c1-27(2,3)35(26(40)41)21-20-23(42)28(4,5)22(34(20)24(21)38)25(39)33(14-18-12-31(16-29-18)8-6-10-36)15-19-13-32(17-30-19)9-7-11-37/h12-13,16-17,20-23,36-37,42H,6-11,14-15H2,1-5H3,(H,40,41)/t20-,21-,22-,23?/m1/s1. The van der Waals surface area contributed by atoms with Gasteiger partial charge in [-0.2, -0.15) is 12.6 Å². The molecule has 2 aromatic rings. The van der Waals surface area contributed by atoms with Crippen LogP contribution < -0.4 is 0 Å². The molecule has 0 spiro atoms. The first-order valence-electron chi connectivity index (χ1n) is 14.3. The minimum Gasteiger partial charge on any atom is -0.465 e. The molecule has 2 fully saturated rings. The first-order chi connectivity index (χ1) is 19.7. The van der Waals surface area contributed by atoms with Gasteiger partial charge in [0.05, 0.1) is 43.2 Å². The largest absolute Gasteiger partial charge is 0.465 e. The molecule has 0 aliphatic carbocycles. The highest BCUT2D eigenvalue weighted by Gasteiger charge is 2.69. The molecule has 3 N–H and O–H groups in total. The number of carbonyl (C=O) groups excluding carboxylic acids is 2. The summed E-state index contributed by atoms with van der Waals surface area (Å²) in [7, 11) is 0. The number of aliphatic hydroxyl groups excluding tert-OH is 2. The van der Waals surface area contributed by atoms with Crippen molar-refractivity contribution in [1.82, 2.24) is 33.8 Å². The van der Waals surface area contributed by atoms with Crippen LogP contribution in [0, 0.1) is 5.41 Å². The van der Waals surface area contributed by atoms with Gasteiger partial charge in [-0.05, 0) is 33.6 Å². The van der Waals surface area contributed by atoms with Crippen molar-refractivity contribution in [2.45, 2.75) is 103 Å². The fourth-order valence-electron chi connectivity index (χ4n) is 6.13. The van der Waals surface area contributed by atoms with Crippen molar-refractivity contribution in [3.63, 3.8) is 0 Å². The number of carboxylic acid groups (broad SMARTS) is 1. The molecule has 42 heavy (non-hydrogen) atoms. The van der Waals surface area contributed by atoms with Crippen LogP contribution in [-0.2, 0) is 35.8 Å². The number of amides is 3. The summed E-state index contributed by atoms with van der Waals surface area (Å²) in [6.45, 7) is 10.6. The van der Waals surface area contributed by atoms with Crippen LogP contribution in [-0.4, -0.2) is 109 Å². The zero-order valence-electron chi connectivity index (χ0n) is 24.9. The molecule has 4 heterocycles. The quantitative estimate of drug-likeness (QED) is 0.209. The molecule has 2 saturated heterocycles. The second-order valence-corrected chi connectivity index (χ2v) is 13.3. The molecule has 1 unspecified atom stereocenters. The summed E-state index contributed by atoms with van der Waals surface area (Å²) < 4.78 is 3.71. The van der Waals surface area contributed by atoms with Crippen molar-refractivity contribution < 1.29 is 29.7 Å². The maximum atomic E-state index is 14.4. The van der Waals surface area contributed by atoms with E-state index in [1.54, 1.807) is 38.3 Å². The molecule has 0 bridgehead atoms. The van der Waals surface area contributed by atoms with Gasteiger partial charge in [0.1, 0.15) is 12.1 Å². The fourth-order valence-corrected chi connectivity index (χ4v) is 6.57. The predicted octanol–water partition coefficient (Wildman–Crippen LogP) is 1.44. The van der Waals surface area contributed by atoms with E-state index in [1.807, 2.05) is 35.4 Å². The van der Waals surface area contributed by atoms with Gasteiger partial charge < -0.3 is 34.3 Å². The minimum atomic E-state index is -1.19. The Morgan fingerprint density at radius 1 is 1.00 bits per heavy atom. The summed E-state index contributed by atoms with van der Waals surface area (Å²) in [6.07, 6.45) is 6.94. The van der Waals surface area contributed by atoms with Crippen molar-refractivity contribution >= 4 is 30.5 Å². The van der Waals surface area contributed by atoms with Crippen molar-refractivity contribution in [3.05, 3.63) is 36.4 Å². The lowest BCUT2D eigenvalue weighted by molar-refractivity contribution is -0.167. The minimum absolute atomic E-state index is 0.0548. The van der Waals surface area contributed by atoms with E-state index < -0.39 is 46.3 Å². The molecule has 3 amide bonds. The van der Waals surface area contributed by atoms with Crippen LogP contribution in [0.5, 0.6) is 0 Å². The van der Waals surface area contributed by atoms with Crippen molar-refractivity contribution in [3.8, 4) is 0 Å². The number of imidazole rings is 2. The third kappa shape index (κ3) is 6.02. The zero-order valence-corrected chi connectivity index (χ0v) is 25.8. The Balaban J connectivity index is 1.64. The van der Waals surface area contributed by atoms with E-state index in [-0.39, 0.29) is 32.2 Å². The normalized spacial score (nSPS) is 23.0. The Hall–Kier alpha value is -3.10. The zero-order chi connectivity index (χ0) is 31.0. The molecule has 4 rings (SSSR count). The average Bonchev–Trinajstić information content (AvgIpc) is 3.60. The molecule has 14 heteroatoms. The van der Waals surface area contributed by atoms with E-state index in [9.17, 15) is 29.7 Å². The van der Waals surface area contributed by atoms with Crippen LogP contribution in [0.1, 0.15) is 58.8 Å². The molecule has 2 aliphatic heterocycles. The summed E-state index contributed by atoms with van der Waals surface area (Å²) in [4.78, 5) is 53.7. The monoisotopic (exact) mass is 605 g/mol. The number of hydrogen-bond donors (Lipinski definition) is 4. The molecule has 4 atom stereocenters. The fraction of sp³-hybridized carbons (Fsp3) is 0.679. The van der Waals surface area contributed by atoms with Gasteiger partial charge >= 0.3 is 6.09 Å². The summed E-state index contributed by atoms with van der Waals surface area (Å²) >= 11 is 4.87. The van der Waals surface area contributed by atoms with Gasteiger partial charge in [0.25, 0.3) is 0 Å². The van der Waals surface area contributed by atoms with E-state index in [1.165, 1.54) is 9.80 Å². The van der Waals surface area contributed by atoms with Crippen molar-refractivity contribution in [2.75, 3.05) is 13.2 Å². The number of aliphatic hydroxyl groups is 2. The Labute approximate surface area is 251 Å². The predicted molar refractivity (Wildman–Crippen MR) is 156 cm³/mol. The number of aromatic nitrogens is 4. The summed E-state index contributed by atoms with van der Waals surface area (Å²) in [5.74, 6) is -0.692. The molecule has 232 valence electrons. The first kappa shape index (κ1) is 31.8. The van der Waals surface area contributed by atoms with Crippen LogP contribution >= 0.6 is 12.6 Å². The van der Waals surface area contributed by atoms with Crippen LogP contribution in [0.4, 0.5) is 4.79 Å². The number of nitrogens with zero attached hydrogens (tertiary/aromatic N) is 7. The molecule has 0 saturated carbocycles. The van der Waals surface area contributed by atoms with Gasteiger partial charge in [0.2, 0.25) is 11.8 Å². The highest BCUT2D eigenvalue weighted by molar-refractivity contribution is 7.81. The van der Waals surface area contributed by atoms with Crippen molar-refractivity contribution in [1.29, 1.82) is 0 Å². The third-order valence-electron chi connectivity index (χ3n) is 8.20. The molecule has 2 aliphatic rings. The lowest BCUT2D eigenvalue weighted by Gasteiger charge is -2.53. The van der Waals surface area contributed by atoms with Crippen LogP contribution in [0.2, 0.25) is 0 Å². The summed E-state index contributed by atoms with van der Waals surface area (Å²) in [5, 5.41) is 27.9. The molecular formula is C28H43N7O6S. The number of thiol groups is 1. The van der Waals surface area contributed by atoms with E-state index in [4.69, 9.17) is 12.6 Å². The van der Waals surface area contributed by atoms with Crippen LogP contribution in [0.15, 0.2) is 25.0 Å². The summed E-state index contributed by atoms with van der Waals surface area (Å²) in [6, 6.07) is -2.35. The van der Waals surface area contributed by atoms with E-state index in [2.05, 4.69) is 9.97 Å². The molecular weight excluding hydrogens is 562 g/mol. The highest BCUT2D eigenvalue weighted by atomic mass is 32.1. The van der Waals surface area contributed by atoms with Crippen LogP contribution in [0.25, 0.3) is 0 Å². The Kier molecular flexibility index (Phi) is 9.28. The maximum Gasteiger partial charge on any atom is 0.408 e. The second-order valence-electron chi connectivity index (χ2n) is 12.7. The van der Waals surface area contributed by atoms with Gasteiger partial charge in [0.15, 0.2) is 0 Å². The molecule has 13 nitrogen and oxygen atoms in total. The van der Waals surface area contributed by atoms with E-state index >= 15 is 0 Å². The Morgan fingerprint density at radius 2 is 1.50 bits per heavy atom. The lowest BCUT2D eigenvalue weighted by atomic mass is 9.81. The Morgan fingerprint density at radius 3 is 1.93 bits per heavy atom. The number of carbonyl (C=O) groups is 3. The van der Waals surface area contributed by atoms with Gasteiger partial charge in [-0.25, -0.2) is 14.8 Å². The number of rotatable bonds is 12. The molecule has 2 aromatic heterocycles. The smallest absolute Gasteiger partial charge is 0.408 e. The van der Waals surface area contributed by atoms with Gasteiger partial charge in [-0.15, -0.1) is 0 Å².